The molecule has 1 fully saturated rings. The molecule has 1 aliphatic rings. The van der Waals surface area contributed by atoms with E-state index in [0.29, 0.717) is 16.9 Å². The Morgan fingerprint density at radius 1 is 1.08 bits per heavy atom. The van der Waals surface area contributed by atoms with E-state index >= 15 is 0 Å². The third-order valence-electron chi connectivity index (χ3n) is 4.97. The minimum atomic E-state index is -0.479. The van der Waals surface area contributed by atoms with Crippen molar-refractivity contribution in [1.82, 2.24) is 0 Å². The zero-order valence-electron chi connectivity index (χ0n) is 15.4. The number of hydrogen-bond donors (Lipinski definition) is 0. The van der Waals surface area contributed by atoms with Crippen molar-refractivity contribution in [3.63, 3.8) is 0 Å². The molecular formula is C20H21BFNO3. The normalized spacial score (nSPS) is 17.8. The van der Waals surface area contributed by atoms with E-state index in [1.165, 1.54) is 18.2 Å². The summed E-state index contributed by atoms with van der Waals surface area (Å²) in [4.78, 5) is 0. The first-order valence-electron chi connectivity index (χ1n) is 8.49. The molecule has 4 nitrogen and oxygen atoms in total. The van der Waals surface area contributed by atoms with Gasteiger partial charge in [-0.2, -0.15) is 5.26 Å². The average molecular weight is 353 g/mol. The van der Waals surface area contributed by atoms with E-state index in [0.717, 1.165) is 5.46 Å². The van der Waals surface area contributed by atoms with Crippen LogP contribution in [0.15, 0.2) is 42.5 Å². The molecule has 0 spiro atoms. The Kier molecular flexibility index (Phi) is 4.79. The fourth-order valence-electron chi connectivity index (χ4n) is 2.68. The SMILES string of the molecule is CC1(C)OB(c2cccc(OCc3cc(F)ccc3C#N)c2)OC1(C)C. The number of nitriles is 1. The van der Waals surface area contributed by atoms with Gasteiger partial charge in [0, 0.05) is 5.56 Å². The molecule has 3 rings (SSSR count). The largest absolute Gasteiger partial charge is 0.494 e. The molecule has 1 saturated heterocycles. The van der Waals surface area contributed by atoms with Crippen molar-refractivity contribution in [2.45, 2.75) is 45.5 Å². The van der Waals surface area contributed by atoms with E-state index in [4.69, 9.17) is 19.3 Å². The summed E-state index contributed by atoms with van der Waals surface area (Å²) in [6.45, 7) is 8.11. The second kappa shape index (κ2) is 6.75. The van der Waals surface area contributed by atoms with Crippen molar-refractivity contribution in [1.29, 1.82) is 5.26 Å². The van der Waals surface area contributed by atoms with Gasteiger partial charge < -0.3 is 14.0 Å². The summed E-state index contributed by atoms with van der Waals surface area (Å²) in [7, 11) is -0.479. The topological polar surface area (TPSA) is 51.5 Å². The van der Waals surface area contributed by atoms with Crippen molar-refractivity contribution in [2.24, 2.45) is 0 Å². The van der Waals surface area contributed by atoms with Gasteiger partial charge in [0.25, 0.3) is 0 Å². The number of benzene rings is 2. The molecule has 2 aromatic carbocycles. The summed E-state index contributed by atoms with van der Waals surface area (Å²) in [5, 5.41) is 9.13. The Morgan fingerprint density at radius 3 is 2.42 bits per heavy atom. The Labute approximate surface area is 153 Å². The number of rotatable bonds is 4. The Morgan fingerprint density at radius 2 is 1.77 bits per heavy atom. The third kappa shape index (κ3) is 3.60. The molecule has 0 radical (unpaired) electrons. The van der Waals surface area contributed by atoms with Gasteiger partial charge in [0.1, 0.15) is 18.2 Å². The summed E-state index contributed by atoms with van der Waals surface area (Å²) in [6.07, 6.45) is 0. The van der Waals surface area contributed by atoms with E-state index in [2.05, 4.69) is 0 Å². The maximum absolute atomic E-state index is 13.4. The standard InChI is InChI=1S/C20H21BFNO3/c1-19(2)20(3,4)26-21(25-19)16-6-5-7-18(11-16)24-13-15-10-17(22)9-8-14(15)12-23/h5-11H,13H2,1-4H3. The van der Waals surface area contributed by atoms with E-state index in [1.54, 1.807) is 6.07 Å². The van der Waals surface area contributed by atoms with Gasteiger partial charge in [-0.05, 0) is 63.5 Å². The maximum Gasteiger partial charge on any atom is 0.494 e. The zero-order valence-corrected chi connectivity index (χ0v) is 15.4. The number of nitrogens with zero attached hydrogens (tertiary/aromatic N) is 1. The molecule has 1 aliphatic heterocycles. The van der Waals surface area contributed by atoms with E-state index < -0.39 is 24.1 Å². The van der Waals surface area contributed by atoms with Crippen LogP contribution in [0.5, 0.6) is 5.75 Å². The molecule has 26 heavy (non-hydrogen) atoms. The fraction of sp³-hybridized carbons (Fsp3) is 0.350. The summed E-state index contributed by atoms with van der Waals surface area (Å²) in [6, 6.07) is 13.5. The molecule has 0 atom stereocenters. The van der Waals surface area contributed by atoms with Crippen molar-refractivity contribution in [2.75, 3.05) is 0 Å². The molecule has 0 N–H and O–H groups in total. The molecule has 0 aliphatic carbocycles. The van der Waals surface area contributed by atoms with Crippen molar-refractivity contribution in [3.8, 4) is 11.8 Å². The van der Waals surface area contributed by atoms with Crippen LogP contribution in [0.25, 0.3) is 0 Å². The highest BCUT2D eigenvalue weighted by molar-refractivity contribution is 6.62. The van der Waals surface area contributed by atoms with E-state index in [1.807, 2.05) is 52.0 Å². The Balaban J connectivity index is 1.75. The van der Waals surface area contributed by atoms with Crippen LogP contribution in [0.3, 0.4) is 0 Å². The van der Waals surface area contributed by atoms with Crippen LogP contribution in [-0.2, 0) is 15.9 Å². The molecule has 0 aromatic heterocycles. The van der Waals surface area contributed by atoms with Gasteiger partial charge in [0.15, 0.2) is 0 Å². The summed E-state index contributed by atoms with van der Waals surface area (Å²) < 4.78 is 31.3. The van der Waals surface area contributed by atoms with Crippen LogP contribution in [0, 0.1) is 17.1 Å². The second-order valence-electron chi connectivity index (χ2n) is 7.36. The molecule has 1 heterocycles. The van der Waals surface area contributed by atoms with Gasteiger partial charge in [0.2, 0.25) is 0 Å². The Bertz CT molecular complexity index is 844. The van der Waals surface area contributed by atoms with Crippen molar-refractivity contribution in [3.05, 3.63) is 59.4 Å². The first kappa shape index (κ1) is 18.4. The molecule has 0 unspecified atom stereocenters. The first-order valence-corrected chi connectivity index (χ1v) is 8.49. The molecule has 0 amide bonds. The smallest absolute Gasteiger partial charge is 0.489 e. The lowest BCUT2D eigenvalue weighted by Gasteiger charge is -2.32. The average Bonchev–Trinajstić information content (AvgIpc) is 2.81. The highest BCUT2D eigenvalue weighted by Gasteiger charge is 2.51. The maximum atomic E-state index is 13.4. The predicted molar refractivity (Wildman–Crippen MR) is 97.6 cm³/mol. The molecular weight excluding hydrogens is 332 g/mol. The lowest BCUT2D eigenvalue weighted by molar-refractivity contribution is 0.00578. The number of ether oxygens (including phenoxy) is 1. The van der Waals surface area contributed by atoms with E-state index in [9.17, 15) is 4.39 Å². The van der Waals surface area contributed by atoms with Gasteiger partial charge in [-0.1, -0.05) is 12.1 Å². The fourth-order valence-corrected chi connectivity index (χ4v) is 2.68. The van der Waals surface area contributed by atoms with Crippen molar-refractivity contribution >= 4 is 12.6 Å². The quantitative estimate of drug-likeness (QED) is 0.789. The highest BCUT2D eigenvalue weighted by atomic mass is 19.1. The zero-order chi connectivity index (χ0) is 18.9. The van der Waals surface area contributed by atoms with Crippen LogP contribution in [0.4, 0.5) is 4.39 Å². The van der Waals surface area contributed by atoms with Gasteiger partial charge in [-0.25, -0.2) is 4.39 Å². The molecule has 2 aromatic rings. The third-order valence-corrected chi connectivity index (χ3v) is 4.97. The minimum absolute atomic E-state index is 0.105. The van der Waals surface area contributed by atoms with Crippen LogP contribution < -0.4 is 10.2 Å². The molecule has 0 saturated carbocycles. The Hall–Kier alpha value is -2.36. The lowest BCUT2D eigenvalue weighted by Crippen LogP contribution is -2.41. The van der Waals surface area contributed by atoms with Gasteiger partial charge >= 0.3 is 7.12 Å². The number of halogens is 1. The molecule has 6 heteroatoms. The van der Waals surface area contributed by atoms with Gasteiger partial charge in [-0.15, -0.1) is 0 Å². The lowest BCUT2D eigenvalue weighted by atomic mass is 9.79. The predicted octanol–water partition coefficient (Wildman–Crippen LogP) is 3.58. The van der Waals surface area contributed by atoms with Crippen LogP contribution in [-0.4, -0.2) is 18.3 Å². The minimum Gasteiger partial charge on any atom is -0.489 e. The van der Waals surface area contributed by atoms with Crippen LogP contribution in [0.2, 0.25) is 0 Å². The first-order chi connectivity index (χ1) is 12.2. The summed E-state index contributed by atoms with van der Waals surface area (Å²) >= 11 is 0. The second-order valence-corrected chi connectivity index (χ2v) is 7.36. The number of hydrogen-bond acceptors (Lipinski definition) is 4. The van der Waals surface area contributed by atoms with E-state index in [-0.39, 0.29) is 6.61 Å². The van der Waals surface area contributed by atoms with Gasteiger partial charge in [0.05, 0.1) is 22.8 Å². The van der Waals surface area contributed by atoms with Crippen molar-refractivity contribution < 1.29 is 18.4 Å². The summed E-state index contributed by atoms with van der Waals surface area (Å²) in [5.74, 6) is 0.207. The molecule has 134 valence electrons. The van der Waals surface area contributed by atoms with Crippen LogP contribution >= 0.6 is 0 Å². The summed E-state index contributed by atoms with van der Waals surface area (Å²) in [5.41, 5.74) is 0.915. The highest BCUT2D eigenvalue weighted by Crippen LogP contribution is 2.36. The molecule has 0 bridgehead atoms. The van der Waals surface area contributed by atoms with Gasteiger partial charge in [-0.3, -0.25) is 0 Å². The monoisotopic (exact) mass is 353 g/mol. The van der Waals surface area contributed by atoms with Crippen LogP contribution in [0.1, 0.15) is 38.8 Å².